The zero-order valence-electron chi connectivity index (χ0n) is 12.3. The van der Waals surface area contributed by atoms with Crippen LogP contribution < -0.4 is 5.73 Å². The molecule has 2 fully saturated rings. The molecule has 0 unspecified atom stereocenters. The van der Waals surface area contributed by atoms with E-state index in [2.05, 4.69) is 18.7 Å². The third kappa shape index (κ3) is 2.36. The number of hydrogen-bond donors (Lipinski definition) is 2. The lowest BCUT2D eigenvalue weighted by atomic mass is 9.83. The van der Waals surface area contributed by atoms with E-state index < -0.39 is 17.7 Å². The fourth-order valence-electron chi connectivity index (χ4n) is 3.41. The van der Waals surface area contributed by atoms with Crippen LogP contribution in [0.2, 0.25) is 0 Å². The number of amides is 1. The molecule has 0 aromatic heterocycles. The van der Waals surface area contributed by atoms with Gasteiger partial charge >= 0.3 is 0 Å². The molecule has 20 heavy (non-hydrogen) atoms. The van der Waals surface area contributed by atoms with Gasteiger partial charge < -0.3 is 20.5 Å². The van der Waals surface area contributed by atoms with Crippen molar-refractivity contribution in [1.82, 2.24) is 9.80 Å². The monoisotopic (exact) mass is 283 g/mol. The van der Waals surface area contributed by atoms with E-state index in [9.17, 15) is 14.7 Å². The first-order valence-corrected chi connectivity index (χ1v) is 7.36. The second-order valence-corrected chi connectivity index (χ2v) is 6.34. The molecule has 1 spiro atoms. The third-order valence-corrected chi connectivity index (χ3v) is 4.44. The van der Waals surface area contributed by atoms with Crippen LogP contribution in [0.5, 0.6) is 0 Å². The highest BCUT2D eigenvalue weighted by Crippen LogP contribution is 2.40. The van der Waals surface area contributed by atoms with Gasteiger partial charge in [-0.25, -0.2) is 0 Å². The molecule has 3 atom stereocenters. The van der Waals surface area contributed by atoms with E-state index in [0.29, 0.717) is 18.7 Å². The maximum absolute atomic E-state index is 12.6. The number of carbonyl (C=O) groups is 2. The summed E-state index contributed by atoms with van der Waals surface area (Å²) in [6, 6.07) is -0.806. The fourth-order valence-corrected chi connectivity index (χ4v) is 3.41. The molecular weight excluding hydrogens is 258 g/mol. The molecule has 114 valence electrons. The highest BCUT2D eigenvalue weighted by atomic mass is 16.3. The molecular formula is C14H25N3O3. The summed E-state index contributed by atoms with van der Waals surface area (Å²) >= 11 is 0. The van der Waals surface area contributed by atoms with E-state index in [4.69, 9.17) is 5.73 Å². The fraction of sp³-hybridized carbons (Fsp3) is 0.857. The molecule has 2 heterocycles. The van der Waals surface area contributed by atoms with Crippen LogP contribution in [0, 0.1) is 5.92 Å². The zero-order chi connectivity index (χ0) is 14.9. The van der Waals surface area contributed by atoms with Crippen LogP contribution in [-0.4, -0.2) is 71.0 Å². The van der Waals surface area contributed by atoms with Crippen LogP contribution in [0.4, 0.5) is 0 Å². The number of nitrogens with zero attached hydrogens (tertiary/aromatic N) is 2. The Hall–Kier alpha value is -0.980. The molecule has 0 radical (unpaired) electrons. The van der Waals surface area contributed by atoms with Gasteiger partial charge in [-0.1, -0.05) is 13.8 Å². The Labute approximate surface area is 119 Å². The van der Waals surface area contributed by atoms with Crippen molar-refractivity contribution in [2.75, 3.05) is 26.2 Å². The predicted octanol–water partition coefficient (Wildman–Crippen LogP) is -0.794. The van der Waals surface area contributed by atoms with Gasteiger partial charge in [0.25, 0.3) is 0 Å². The minimum Gasteiger partial charge on any atom is -0.389 e. The van der Waals surface area contributed by atoms with Crippen molar-refractivity contribution in [3.05, 3.63) is 0 Å². The van der Waals surface area contributed by atoms with Gasteiger partial charge in [-0.15, -0.1) is 0 Å². The van der Waals surface area contributed by atoms with Crippen molar-refractivity contribution in [2.24, 2.45) is 11.7 Å². The number of β-lactam (4-membered cyclic amide) rings is 1. The van der Waals surface area contributed by atoms with E-state index in [0.717, 1.165) is 25.9 Å². The number of likely N-dealkylation sites (tertiary alicyclic amines) is 2. The highest BCUT2D eigenvalue weighted by molar-refractivity contribution is 5.95. The van der Waals surface area contributed by atoms with Crippen molar-refractivity contribution in [3.8, 4) is 0 Å². The van der Waals surface area contributed by atoms with E-state index >= 15 is 0 Å². The molecule has 2 rings (SSSR count). The molecule has 1 amide bonds. The average molecular weight is 283 g/mol. The molecule has 6 heteroatoms. The Morgan fingerprint density at radius 2 is 2.20 bits per heavy atom. The van der Waals surface area contributed by atoms with Gasteiger partial charge in [0.05, 0.1) is 6.10 Å². The van der Waals surface area contributed by atoms with E-state index in [1.165, 1.54) is 4.90 Å². The Balaban J connectivity index is 2.08. The molecule has 2 saturated heterocycles. The van der Waals surface area contributed by atoms with Gasteiger partial charge in [-0.2, -0.15) is 0 Å². The van der Waals surface area contributed by atoms with Crippen LogP contribution >= 0.6 is 0 Å². The first-order chi connectivity index (χ1) is 9.46. The van der Waals surface area contributed by atoms with Gasteiger partial charge in [-0.3, -0.25) is 9.69 Å². The number of nitrogens with two attached hydrogens (primary N) is 1. The van der Waals surface area contributed by atoms with Crippen molar-refractivity contribution in [3.63, 3.8) is 0 Å². The molecule has 0 saturated carbocycles. The molecule has 0 aliphatic carbocycles. The number of aliphatic hydroxyl groups excluding tert-OH is 1. The Morgan fingerprint density at radius 3 is 2.70 bits per heavy atom. The lowest BCUT2D eigenvalue weighted by molar-refractivity contribution is -0.170. The van der Waals surface area contributed by atoms with Gasteiger partial charge in [0.2, 0.25) is 5.91 Å². The maximum atomic E-state index is 12.6. The molecule has 3 N–H and O–H groups in total. The van der Waals surface area contributed by atoms with Crippen LogP contribution in [0.15, 0.2) is 0 Å². The van der Waals surface area contributed by atoms with Gasteiger partial charge in [0.15, 0.2) is 0 Å². The standard InChI is InChI=1S/C14H25N3O3/c1-10(2)7-16-5-3-4-14(16)9-17(13(14)20)11(8-18)12(19)6-15/h8,10-12,19H,3-7,9,15H2,1-2H3/t11-,12-,14+/m1/s1. The lowest BCUT2D eigenvalue weighted by Crippen LogP contribution is -2.75. The minimum absolute atomic E-state index is 0.0180. The molecule has 2 aliphatic heterocycles. The number of carbonyl (C=O) groups excluding carboxylic acids is 2. The van der Waals surface area contributed by atoms with Crippen molar-refractivity contribution in [1.29, 1.82) is 0 Å². The summed E-state index contributed by atoms with van der Waals surface area (Å²) < 4.78 is 0. The third-order valence-electron chi connectivity index (χ3n) is 4.44. The van der Waals surface area contributed by atoms with Crippen LogP contribution in [0.3, 0.4) is 0 Å². The van der Waals surface area contributed by atoms with Crippen LogP contribution in [-0.2, 0) is 9.59 Å². The number of aliphatic hydroxyl groups is 1. The number of hydrogen-bond acceptors (Lipinski definition) is 5. The average Bonchev–Trinajstić information content (AvgIpc) is 2.83. The first kappa shape index (κ1) is 15.4. The van der Waals surface area contributed by atoms with Gasteiger partial charge in [0, 0.05) is 19.6 Å². The van der Waals surface area contributed by atoms with Gasteiger partial charge in [0.1, 0.15) is 17.9 Å². The summed E-state index contributed by atoms with van der Waals surface area (Å²) in [7, 11) is 0. The van der Waals surface area contributed by atoms with Crippen LogP contribution in [0.1, 0.15) is 26.7 Å². The smallest absolute Gasteiger partial charge is 0.245 e. The van der Waals surface area contributed by atoms with E-state index in [1.54, 1.807) is 0 Å². The van der Waals surface area contributed by atoms with Crippen molar-refractivity contribution < 1.29 is 14.7 Å². The summed E-state index contributed by atoms with van der Waals surface area (Å²) in [5.74, 6) is 0.476. The van der Waals surface area contributed by atoms with Crippen LogP contribution in [0.25, 0.3) is 0 Å². The van der Waals surface area contributed by atoms with Crippen molar-refractivity contribution in [2.45, 2.75) is 44.4 Å². The Bertz CT molecular complexity index is 388. The highest BCUT2D eigenvalue weighted by Gasteiger charge is 2.59. The van der Waals surface area contributed by atoms with Crippen molar-refractivity contribution >= 4 is 12.2 Å². The molecule has 0 aromatic rings. The topological polar surface area (TPSA) is 86.9 Å². The molecule has 0 bridgehead atoms. The zero-order valence-corrected chi connectivity index (χ0v) is 12.3. The Morgan fingerprint density at radius 1 is 1.50 bits per heavy atom. The van der Waals surface area contributed by atoms with E-state index in [-0.39, 0.29) is 12.5 Å². The summed E-state index contributed by atoms with van der Waals surface area (Å²) in [4.78, 5) is 27.4. The predicted molar refractivity (Wildman–Crippen MR) is 75.0 cm³/mol. The minimum atomic E-state index is -0.978. The number of aldehydes is 1. The SMILES string of the molecule is CC(C)CN1CCC[C@@]12CN([C@H](C=O)[C@H](O)CN)C2=O. The first-order valence-electron chi connectivity index (χ1n) is 7.36. The van der Waals surface area contributed by atoms with E-state index in [1.807, 2.05) is 0 Å². The van der Waals surface area contributed by atoms with Gasteiger partial charge in [-0.05, 0) is 25.3 Å². The summed E-state index contributed by atoms with van der Waals surface area (Å²) in [6.45, 7) is 6.61. The molecule has 2 aliphatic rings. The quantitative estimate of drug-likeness (QED) is 0.492. The lowest BCUT2D eigenvalue weighted by Gasteiger charge is -2.54. The summed E-state index contributed by atoms with van der Waals surface area (Å²) in [6.07, 6.45) is 1.51. The summed E-state index contributed by atoms with van der Waals surface area (Å²) in [5.41, 5.74) is 4.96. The second-order valence-electron chi connectivity index (χ2n) is 6.34. The second kappa shape index (κ2) is 5.79. The normalized spacial score (nSPS) is 29.9. The maximum Gasteiger partial charge on any atom is 0.245 e. The number of rotatable bonds is 6. The molecule has 0 aromatic carbocycles. The largest absolute Gasteiger partial charge is 0.389 e. The summed E-state index contributed by atoms with van der Waals surface area (Å²) in [5, 5.41) is 9.75. The molecule has 6 nitrogen and oxygen atoms in total. The Kier molecular flexibility index (Phi) is 4.46.